The fourth-order valence-corrected chi connectivity index (χ4v) is 1.22. The van der Waals surface area contributed by atoms with Gasteiger partial charge in [-0.05, 0) is 41.6 Å². The van der Waals surface area contributed by atoms with E-state index >= 15 is 0 Å². The first-order valence-corrected chi connectivity index (χ1v) is 4.25. The average molecular weight is 282 g/mol. The van der Waals surface area contributed by atoms with Gasteiger partial charge in [-0.1, -0.05) is 0 Å². The van der Waals surface area contributed by atoms with Gasteiger partial charge in [0.05, 0.1) is 9.13 Å². The number of hydrogen-bond donors (Lipinski definition) is 0. The number of halogens is 3. The normalized spacial score (nSPS) is 10.0. The summed E-state index contributed by atoms with van der Waals surface area (Å²) in [4.78, 5) is 10.7. The van der Waals surface area contributed by atoms with Crippen molar-refractivity contribution in [2.45, 2.75) is 6.92 Å². The van der Waals surface area contributed by atoms with Crippen LogP contribution in [-0.4, -0.2) is 5.78 Å². The Morgan fingerprint density at radius 1 is 1.33 bits per heavy atom. The summed E-state index contributed by atoms with van der Waals surface area (Å²) in [7, 11) is 0. The highest BCUT2D eigenvalue weighted by Gasteiger charge is 2.10. The van der Waals surface area contributed by atoms with Crippen LogP contribution in [0.1, 0.15) is 17.3 Å². The van der Waals surface area contributed by atoms with Crippen LogP contribution in [0.4, 0.5) is 8.78 Å². The average Bonchev–Trinajstić information content (AvgIpc) is 1.96. The van der Waals surface area contributed by atoms with E-state index in [1.54, 1.807) is 22.6 Å². The molecule has 0 amide bonds. The molecule has 0 fully saturated rings. The fraction of sp³-hybridized carbons (Fsp3) is 0.125. The van der Waals surface area contributed by atoms with Gasteiger partial charge in [-0.2, -0.15) is 0 Å². The molecule has 0 saturated heterocycles. The molecule has 0 atom stereocenters. The largest absolute Gasteiger partial charge is 0.294 e. The number of benzene rings is 1. The minimum absolute atomic E-state index is 0.176. The Labute approximate surface area is 81.9 Å². The van der Waals surface area contributed by atoms with E-state index in [2.05, 4.69) is 0 Å². The Kier molecular flexibility index (Phi) is 2.76. The zero-order valence-electron chi connectivity index (χ0n) is 6.20. The Balaban J connectivity index is 3.33. The summed E-state index contributed by atoms with van der Waals surface area (Å²) in [6, 6.07) is 1.92. The lowest BCUT2D eigenvalue weighted by atomic mass is 10.1. The molecule has 64 valence electrons. The topological polar surface area (TPSA) is 17.1 Å². The Morgan fingerprint density at radius 3 is 2.42 bits per heavy atom. The summed E-state index contributed by atoms with van der Waals surface area (Å²) in [5.41, 5.74) is -0.201. The van der Waals surface area contributed by atoms with Crippen LogP contribution in [0.3, 0.4) is 0 Å². The third-order valence-corrected chi connectivity index (χ3v) is 2.22. The molecular weight excluding hydrogens is 277 g/mol. The highest BCUT2D eigenvalue weighted by atomic mass is 127. The first-order chi connectivity index (χ1) is 5.52. The van der Waals surface area contributed by atoms with Crippen LogP contribution in [0.5, 0.6) is 0 Å². The molecule has 1 aromatic carbocycles. The predicted molar refractivity (Wildman–Crippen MR) is 49.1 cm³/mol. The highest BCUT2D eigenvalue weighted by molar-refractivity contribution is 14.1. The van der Waals surface area contributed by atoms with E-state index in [0.29, 0.717) is 0 Å². The summed E-state index contributed by atoms with van der Waals surface area (Å²) in [5, 5.41) is 0. The first-order valence-electron chi connectivity index (χ1n) is 3.18. The molecule has 0 heterocycles. The van der Waals surface area contributed by atoms with Crippen LogP contribution in [0.15, 0.2) is 12.1 Å². The highest BCUT2D eigenvalue weighted by Crippen LogP contribution is 2.16. The van der Waals surface area contributed by atoms with E-state index < -0.39 is 17.4 Å². The molecule has 0 bridgehead atoms. The van der Waals surface area contributed by atoms with Crippen molar-refractivity contribution in [3.8, 4) is 0 Å². The maximum absolute atomic E-state index is 12.9. The molecule has 0 spiro atoms. The molecule has 0 saturated carbocycles. The van der Waals surface area contributed by atoms with Crippen LogP contribution < -0.4 is 0 Å². The predicted octanol–water partition coefficient (Wildman–Crippen LogP) is 2.77. The van der Waals surface area contributed by atoms with Crippen LogP contribution in [0, 0.1) is 15.2 Å². The molecule has 4 heteroatoms. The van der Waals surface area contributed by atoms with E-state index in [0.717, 1.165) is 12.1 Å². The smallest absolute Gasteiger partial charge is 0.162 e. The second-order valence-electron chi connectivity index (χ2n) is 2.30. The van der Waals surface area contributed by atoms with Crippen molar-refractivity contribution in [2.75, 3.05) is 0 Å². The number of carbonyl (C=O) groups is 1. The molecule has 0 N–H and O–H groups in total. The maximum Gasteiger partial charge on any atom is 0.162 e. The van der Waals surface area contributed by atoms with Crippen molar-refractivity contribution in [3.05, 3.63) is 32.9 Å². The molecule has 12 heavy (non-hydrogen) atoms. The van der Waals surface area contributed by atoms with Gasteiger partial charge < -0.3 is 0 Å². The second kappa shape index (κ2) is 3.47. The van der Waals surface area contributed by atoms with Gasteiger partial charge in [0, 0.05) is 0 Å². The minimum atomic E-state index is -0.673. The van der Waals surface area contributed by atoms with E-state index in [-0.39, 0.29) is 9.13 Å². The maximum atomic E-state index is 12.9. The molecule has 0 aromatic heterocycles. The van der Waals surface area contributed by atoms with Crippen LogP contribution in [-0.2, 0) is 0 Å². The molecular formula is C8H5F2IO. The van der Waals surface area contributed by atoms with Gasteiger partial charge in [0.25, 0.3) is 0 Å². The van der Waals surface area contributed by atoms with Gasteiger partial charge in [0.2, 0.25) is 0 Å². The van der Waals surface area contributed by atoms with Gasteiger partial charge in [-0.3, -0.25) is 4.79 Å². The van der Waals surface area contributed by atoms with Crippen molar-refractivity contribution in [1.82, 2.24) is 0 Å². The van der Waals surface area contributed by atoms with Crippen molar-refractivity contribution in [1.29, 1.82) is 0 Å². The van der Waals surface area contributed by atoms with Gasteiger partial charge >= 0.3 is 0 Å². The number of Topliss-reactive ketones (excluding diaryl/α,β-unsaturated/α-hetero) is 1. The molecule has 1 aromatic rings. The molecule has 1 nitrogen and oxygen atoms in total. The lowest BCUT2D eigenvalue weighted by Gasteiger charge is -1.99. The lowest BCUT2D eigenvalue weighted by molar-refractivity contribution is 0.101. The quantitative estimate of drug-likeness (QED) is 0.440. The van der Waals surface area contributed by atoms with Crippen molar-refractivity contribution < 1.29 is 13.6 Å². The summed E-state index contributed by atoms with van der Waals surface area (Å²) in [5.74, 6) is -1.71. The number of carbonyl (C=O) groups excluding carboxylic acids is 1. The second-order valence-corrected chi connectivity index (χ2v) is 3.46. The number of ketones is 1. The van der Waals surface area contributed by atoms with E-state index in [4.69, 9.17) is 0 Å². The summed E-state index contributed by atoms with van der Waals surface area (Å²) in [6.07, 6.45) is 0. The number of hydrogen-bond acceptors (Lipinski definition) is 1. The molecule has 0 unspecified atom stereocenters. The minimum Gasteiger partial charge on any atom is -0.294 e. The molecule has 0 aliphatic heterocycles. The monoisotopic (exact) mass is 282 g/mol. The van der Waals surface area contributed by atoms with Crippen LogP contribution >= 0.6 is 22.6 Å². The molecule has 0 aliphatic carbocycles. The SMILES string of the molecule is CC(=O)c1cc(F)c(I)cc1F. The summed E-state index contributed by atoms with van der Waals surface area (Å²) in [6.45, 7) is 1.20. The van der Waals surface area contributed by atoms with E-state index in [9.17, 15) is 13.6 Å². The van der Waals surface area contributed by atoms with Crippen molar-refractivity contribution >= 4 is 28.4 Å². The van der Waals surface area contributed by atoms with Crippen LogP contribution in [0.2, 0.25) is 0 Å². The Morgan fingerprint density at radius 2 is 1.92 bits per heavy atom. The Hall–Kier alpha value is -0.520. The zero-order chi connectivity index (χ0) is 9.30. The van der Waals surface area contributed by atoms with Gasteiger partial charge in [0.15, 0.2) is 5.78 Å². The standard InChI is InChI=1S/C8H5F2IO/c1-4(12)5-2-7(10)8(11)3-6(5)9/h2-3H,1H3. The Bertz CT molecular complexity index is 336. The van der Waals surface area contributed by atoms with Gasteiger partial charge in [0.1, 0.15) is 11.6 Å². The van der Waals surface area contributed by atoms with Crippen molar-refractivity contribution in [3.63, 3.8) is 0 Å². The van der Waals surface area contributed by atoms with E-state index in [1.807, 2.05) is 0 Å². The van der Waals surface area contributed by atoms with E-state index in [1.165, 1.54) is 6.92 Å². The van der Waals surface area contributed by atoms with Crippen molar-refractivity contribution in [2.24, 2.45) is 0 Å². The molecule has 0 aliphatic rings. The summed E-state index contributed by atoms with van der Waals surface area (Å²) < 4.78 is 25.9. The third-order valence-electron chi connectivity index (χ3n) is 1.39. The van der Waals surface area contributed by atoms with Gasteiger partial charge in [-0.25, -0.2) is 8.78 Å². The lowest BCUT2D eigenvalue weighted by Crippen LogP contribution is -1.99. The zero-order valence-corrected chi connectivity index (χ0v) is 8.35. The summed E-state index contributed by atoms with van der Waals surface area (Å²) >= 11 is 1.66. The van der Waals surface area contributed by atoms with Gasteiger partial charge in [-0.15, -0.1) is 0 Å². The molecule has 0 radical (unpaired) electrons. The van der Waals surface area contributed by atoms with Crippen LogP contribution in [0.25, 0.3) is 0 Å². The fourth-order valence-electron chi connectivity index (χ4n) is 0.792. The third kappa shape index (κ3) is 1.80. The molecule has 1 rings (SSSR count). The first kappa shape index (κ1) is 9.57. The number of rotatable bonds is 1.